The minimum Gasteiger partial charge on any atom is -0.0622 e. The van der Waals surface area contributed by atoms with Crippen LogP contribution in [0.3, 0.4) is 0 Å². The van der Waals surface area contributed by atoms with Crippen molar-refractivity contribution in [3.05, 3.63) is 91.2 Å². The molecular weight excluding hydrogens is 216 g/mol. The van der Waals surface area contributed by atoms with E-state index in [1.807, 2.05) is 0 Å². The molecule has 0 saturated heterocycles. The number of hydrogen-bond acceptors (Lipinski definition) is 0. The molecule has 0 spiro atoms. The van der Waals surface area contributed by atoms with E-state index in [-0.39, 0.29) is 0 Å². The highest BCUT2D eigenvalue weighted by molar-refractivity contribution is 5.86. The van der Waals surface area contributed by atoms with Gasteiger partial charge in [0.15, 0.2) is 0 Å². The number of hydrogen-bond donors (Lipinski definition) is 0. The predicted octanol–water partition coefficient (Wildman–Crippen LogP) is 4.72. The van der Waals surface area contributed by atoms with Gasteiger partial charge in [0.1, 0.15) is 5.57 Å². The molecule has 1 aliphatic carbocycles. The molecule has 2 aromatic carbocycles. The van der Waals surface area contributed by atoms with Gasteiger partial charge in [-0.25, -0.2) is 0 Å². The molecule has 3 rings (SSSR count). The lowest BCUT2D eigenvalue weighted by Crippen LogP contribution is -1.92. The second kappa shape index (κ2) is 4.97. The van der Waals surface area contributed by atoms with Crippen LogP contribution in [0.4, 0.5) is 0 Å². The van der Waals surface area contributed by atoms with E-state index in [1.54, 1.807) is 0 Å². The van der Waals surface area contributed by atoms with Crippen LogP contribution in [0.5, 0.6) is 0 Å². The highest BCUT2D eigenvalue weighted by Crippen LogP contribution is 2.31. The van der Waals surface area contributed by atoms with E-state index in [2.05, 4.69) is 85.7 Å². The van der Waals surface area contributed by atoms with Gasteiger partial charge in [-0.2, -0.15) is 0 Å². The van der Waals surface area contributed by atoms with Gasteiger partial charge >= 0.3 is 0 Å². The van der Waals surface area contributed by atoms with Gasteiger partial charge in [0, 0.05) is 24.1 Å². The maximum atomic E-state index is 2.18. The van der Waals surface area contributed by atoms with Gasteiger partial charge in [-0.3, -0.25) is 0 Å². The summed E-state index contributed by atoms with van der Waals surface area (Å²) in [6.07, 6.45) is 10.5. The molecule has 0 aliphatic heterocycles. The van der Waals surface area contributed by atoms with Crippen LogP contribution in [0, 0.1) is 12.8 Å². The van der Waals surface area contributed by atoms with Crippen molar-refractivity contribution in [2.45, 2.75) is 0 Å². The van der Waals surface area contributed by atoms with Crippen LogP contribution in [-0.4, -0.2) is 0 Å². The smallest absolute Gasteiger partial charge is 0.0622 e. The van der Waals surface area contributed by atoms with Crippen LogP contribution in [0.15, 0.2) is 72.8 Å². The lowest BCUT2D eigenvalue weighted by molar-refractivity contribution is 1.51. The molecule has 0 saturated carbocycles. The van der Waals surface area contributed by atoms with Crippen LogP contribution in [0.1, 0.15) is 5.56 Å². The molecule has 0 heterocycles. The maximum Gasteiger partial charge on any atom is 0.100 e. The molecule has 1 aliphatic rings. The van der Waals surface area contributed by atoms with Crippen molar-refractivity contribution in [3.63, 3.8) is 0 Å². The quantitative estimate of drug-likeness (QED) is 0.655. The van der Waals surface area contributed by atoms with Gasteiger partial charge in [0.25, 0.3) is 0 Å². The summed E-state index contributed by atoms with van der Waals surface area (Å²) in [5.41, 5.74) is 5.09. The van der Waals surface area contributed by atoms with Gasteiger partial charge in [0.05, 0.1) is 12.0 Å². The van der Waals surface area contributed by atoms with E-state index in [4.69, 9.17) is 0 Å². The first-order chi connectivity index (χ1) is 8.95. The van der Waals surface area contributed by atoms with Crippen molar-refractivity contribution in [3.8, 4) is 11.1 Å². The van der Waals surface area contributed by atoms with Gasteiger partial charge in [0.2, 0.25) is 0 Å². The summed E-state index contributed by atoms with van der Waals surface area (Å²) in [7, 11) is 0. The minimum absolute atomic E-state index is 1.26. The zero-order valence-electron chi connectivity index (χ0n) is 10.1. The Morgan fingerprint density at radius 1 is 0.722 bits per heavy atom. The molecule has 1 radical (unpaired) electrons. The third-order valence-corrected chi connectivity index (χ3v) is 3.10. The molecule has 85 valence electrons. The standard InChI is InChI=1S/C18H14/c1-3-9-15(10-4-1)17-13-7-8-14-18(17)16-11-5-2-6-12-16/h1-14H/q+1. The molecule has 0 amide bonds. The van der Waals surface area contributed by atoms with Crippen LogP contribution in [-0.2, 0) is 0 Å². The first-order valence-corrected chi connectivity index (χ1v) is 6.15. The zero-order chi connectivity index (χ0) is 12.2. The Labute approximate surface area is 108 Å². The van der Waals surface area contributed by atoms with Gasteiger partial charge < -0.3 is 0 Å². The molecule has 0 N–H and O–H groups in total. The summed E-state index contributed by atoms with van der Waals surface area (Å²) < 4.78 is 0. The van der Waals surface area contributed by atoms with Crippen molar-refractivity contribution in [1.29, 1.82) is 0 Å². The van der Waals surface area contributed by atoms with Crippen LogP contribution < -0.4 is 0 Å². The predicted molar refractivity (Wildman–Crippen MR) is 77.6 cm³/mol. The second-order valence-corrected chi connectivity index (χ2v) is 4.28. The molecular formula is C18H14+. The van der Waals surface area contributed by atoms with Crippen molar-refractivity contribution >= 4 is 5.57 Å². The molecule has 0 unspecified atom stereocenters. The van der Waals surface area contributed by atoms with E-state index in [0.29, 0.717) is 0 Å². The van der Waals surface area contributed by atoms with Crippen molar-refractivity contribution < 1.29 is 0 Å². The Balaban J connectivity index is 2.08. The molecule has 0 heteroatoms. The average molecular weight is 230 g/mol. The summed E-state index contributed by atoms with van der Waals surface area (Å²) in [6, 6.07) is 19.1. The average Bonchev–Trinajstić information content (AvgIpc) is 2.49. The fraction of sp³-hybridized carbons (Fsp3) is 0. The van der Waals surface area contributed by atoms with Crippen LogP contribution in [0.2, 0.25) is 0 Å². The highest BCUT2D eigenvalue weighted by atomic mass is 14.1. The maximum absolute atomic E-state index is 2.18. The normalized spacial score (nSPS) is 13.9. The summed E-state index contributed by atoms with van der Waals surface area (Å²) in [4.78, 5) is 0. The van der Waals surface area contributed by atoms with Crippen molar-refractivity contribution in [2.24, 2.45) is 0 Å². The van der Waals surface area contributed by atoms with E-state index < -0.39 is 0 Å². The highest BCUT2D eigenvalue weighted by Gasteiger charge is 2.15. The molecule has 0 nitrogen and oxygen atoms in total. The Morgan fingerprint density at radius 2 is 1.44 bits per heavy atom. The Bertz CT molecular complexity index is 588. The zero-order valence-corrected chi connectivity index (χ0v) is 10.1. The molecule has 18 heavy (non-hydrogen) atoms. The number of allylic oxidation sites excluding steroid dienone is 4. The van der Waals surface area contributed by atoms with Crippen LogP contribution >= 0.6 is 0 Å². The third-order valence-electron chi connectivity index (χ3n) is 3.10. The van der Waals surface area contributed by atoms with E-state index >= 15 is 0 Å². The van der Waals surface area contributed by atoms with Crippen molar-refractivity contribution in [1.82, 2.24) is 0 Å². The third kappa shape index (κ3) is 2.10. The SMILES string of the molecule is [CH]1C=C[CH+]C(c2ccccc2-c2ccccc2)=C1. The number of rotatable bonds is 2. The minimum atomic E-state index is 1.26. The fourth-order valence-electron chi connectivity index (χ4n) is 2.22. The molecule has 0 atom stereocenters. The molecule has 0 fully saturated rings. The van der Waals surface area contributed by atoms with E-state index in [0.717, 1.165) is 0 Å². The van der Waals surface area contributed by atoms with Crippen LogP contribution in [0.25, 0.3) is 16.7 Å². The first kappa shape index (κ1) is 10.9. The molecule has 0 bridgehead atoms. The second-order valence-electron chi connectivity index (χ2n) is 4.28. The fourth-order valence-corrected chi connectivity index (χ4v) is 2.22. The number of benzene rings is 2. The lowest BCUT2D eigenvalue weighted by atomic mass is 9.91. The Kier molecular flexibility index (Phi) is 3.01. The lowest BCUT2D eigenvalue weighted by Gasteiger charge is -2.08. The largest absolute Gasteiger partial charge is 0.100 e. The van der Waals surface area contributed by atoms with Gasteiger partial charge in [-0.15, -0.1) is 0 Å². The summed E-state index contributed by atoms with van der Waals surface area (Å²) >= 11 is 0. The van der Waals surface area contributed by atoms with Gasteiger partial charge in [-0.05, 0) is 23.8 Å². The monoisotopic (exact) mass is 230 g/mol. The Hall–Kier alpha value is -2.21. The van der Waals surface area contributed by atoms with E-state index in [9.17, 15) is 0 Å². The summed E-state index contributed by atoms with van der Waals surface area (Å²) in [5, 5.41) is 0. The van der Waals surface area contributed by atoms with Crippen molar-refractivity contribution in [2.75, 3.05) is 0 Å². The van der Waals surface area contributed by atoms with E-state index in [1.165, 1.54) is 22.3 Å². The molecule has 0 aromatic heterocycles. The summed E-state index contributed by atoms with van der Waals surface area (Å²) in [6.45, 7) is 0. The molecule has 2 aromatic rings. The summed E-state index contributed by atoms with van der Waals surface area (Å²) in [5.74, 6) is 0. The topological polar surface area (TPSA) is 0 Å². The Morgan fingerprint density at radius 3 is 2.17 bits per heavy atom. The first-order valence-electron chi connectivity index (χ1n) is 6.15. The van der Waals surface area contributed by atoms with Gasteiger partial charge in [-0.1, -0.05) is 42.5 Å².